The SMILES string of the molecule is ON[CH]c1ccccc1. The molecule has 0 spiro atoms. The van der Waals surface area contributed by atoms with Gasteiger partial charge in [0.25, 0.3) is 0 Å². The second-order valence-electron chi connectivity index (χ2n) is 1.68. The molecule has 0 atom stereocenters. The van der Waals surface area contributed by atoms with E-state index in [1.165, 1.54) is 6.54 Å². The summed E-state index contributed by atoms with van der Waals surface area (Å²) in [5.74, 6) is 0. The topological polar surface area (TPSA) is 32.3 Å². The minimum absolute atomic E-state index is 0.958. The highest BCUT2D eigenvalue weighted by atomic mass is 16.5. The fourth-order valence-corrected chi connectivity index (χ4v) is 0.624. The van der Waals surface area contributed by atoms with Crippen LogP contribution in [0.3, 0.4) is 0 Å². The normalized spacial score (nSPS) is 9.44. The molecule has 0 aliphatic heterocycles. The minimum Gasteiger partial charge on any atom is -0.316 e. The number of benzene rings is 1. The summed E-state index contributed by atoms with van der Waals surface area (Å²) in [6.45, 7) is 1.51. The largest absolute Gasteiger partial charge is 0.316 e. The molecule has 2 N–H and O–H groups in total. The minimum atomic E-state index is 0.958. The Morgan fingerprint density at radius 1 is 1.22 bits per heavy atom. The summed E-state index contributed by atoms with van der Waals surface area (Å²) in [5, 5.41) is 8.21. The van der Waals surface area contributed by atoms with Gasteiger partial charge in [-0.2, -0.15) is 5.48 Å². The molecule has 1 aromatic rings. The molecule has 47 valence electrons. The van der Waals surface area contributed by atoms with Crippen LogP contribution in [0.25, 0.3) is 0 Å². The van der Waals surface area contributed by atoms with Gasteiger partial charge in [-0.25, -0.2) is 0 Å². The Morgan fingerprint density at radius 2 is 1.89 bits per heavy atom. The van der Waals surface area contributed by atoms with Crippen molar-refractivity contribution in [2.24, 2.45) is 0 Å². The Kier molecular flexibility index (Phi) is 2.24. The van der Waals surface area contributed by atoms with E-state index in [1.54, 1.807) is 0 Å². The van der Waals surface area contributed by atoms with Crippen molar-refractivity contribution in [3.63, 3.8) is 0 Å². The highest BCUT2D eigenvalue weighted by Gasteiger charge is 1.85. The third-order valence-electron chi connectivity index (χ3n) is 1.03. The van der Waals surface area contributed by atoms with Crippen molar-refractivity contribution < 1.29 is 5.21 Å². The first kappa shape index (κ1) is 6.26. The van der Waals surface area contributed by atoms with Gasteiger partial charge < -0.3 is 5.21 Å². The quantitative estimate of drug-likeness (QED) is 0.577. The van der Waals surface area contributed by atoms with E-state index in [0.29, 0.717) is 0 Å². The zero-order chi connectivity index (χ0) is 6.53. The first-order valence-corrected chi connectivity index (χ1v) is 2.71. The van der Waals surface area contributed by atoms with Gasteiger partial charge in [0.1, 0.15) is 0 Å². The second kappa shape index (κ2) is 3.22. The number of hydroxylamine groups is 1. The third kappa shape index (κ3) is 1.83. The Bertz CT molecular complexity index is 162. The van der Waals surface area contributed by atoms with Crippen LogP contribution in [0.2, 0.25) is 0 Å². The lowest BCUT2D eigenvalue weighted by atomic mass is 10.2. The number of hydrogen-bond donors (Lipinski definition) is 2. The zero-order valence-corrected chi connectivity index (χ0v) is 4.91. The maximum absolute atomic E-state index is 8.21. The maximum Gasteiger partial charge on any atom is 0.0786 e. The van der Waals surface area contributed by atoms with Crippen molar-refractivity contribution in [1.29, 1.82) is 0 Å². The fourth-order valence-electron chi connectivity index (χ4n) is 0.624. The molecule has 9 heavy (non-hydrogen) atoms. The van der Waals surface area contributed by atoms with Gasteiger partial charge in [0.05, 0.1) is 6.54 Å². The molecule has 0 bridgehead atoms. The molecule has 2 heteroatoms. The number of hydrogen-bond acceptors (Lipinski definition) is 2. The Hall–Kier alpha value is -0.860. The van der Waals surface area contributed by atoms with E-state index in [2.05, 4.69) is 0 Å². The van der Waals surface area contributed by atoms with Crippen molar-refractivity contribution >= 4 is 0 Å². The maximum atomic E-state index is 8.21. The molecule has 0 aromatic heterocycles. The summed E-state index contributed by atoms with van der Waals surface area (Å²) in [6.07, 6.45) is 0. The Balaban J connectivity index is 2.61. The fraction of sp³-hybridized carbons (Fsp3) is 0. The van der Waals surface area contributed by atoms with Gasteiger partial charge >= 0.3 is 0 Å². The summed E-state index contributed by atoms with van der Waals surface area (Å²) >= 11 is 0. The van der Waals surface area contributed by atoms with Crippen LogP contribution in [0.1, 0.15) is 5.56 Å². The van der Waals surface area contributed by atoms with E-state index in [4.69, 9.17) is 5.21 Å². The summed E-state index contributed by atoms with van der Waals surface area (Å²) in [7, 11) is 0. The first-order chi connectivity index (χ1) is 4.43. The van der Waals surface area contributed by atoms with E-state index < -0.39 is 0 Å². The lowest BCUT2D eigenvalue weighted by Gasteiger charge is -1.94. The standard InChI is InChI=1S/C7H8NO/c9-8-6-7-4-2-1-3-5-7/h1-6,8-9H. The Labute approximate surface area is 54.1 Å². The predicted molar refractivity (Wildman–Crippen MR) is 34.8 cm³/mol. The molecule has 0 heterocycles. The van der Waals surface area contributed by atoms with Gasteiger partial charge in [-0.05, 0) is 5.56 Å². The highest BCUT2D eigenvalue weighted by molar-refractivity contribution is 5.20. The van der Waals surface area contributed by atoms with Gasteiger partial charge in [-0.15, -0.1) is 0 Å². The smallest absolute Gasteiger partial charge is 0.0786 e. The van der Waals surface area contributed by atoms with Gasteiger partial charge in [-0.1, -0.05) is 30.3 Å². The van der Waals surface area contributed by atoms with Crippen LogP contribution in [0, 0.1) is 6.54 Å². The molecule has 0 amide bonds. The molecule has 0 saturated carbocycles. The summed E-state index contributed by atoms with van der Waals surface area (Å²) < 4.78 is 0. The molecule has 1 radical (unpaired) electrons. The van der Waals surface area contributed by atoms with Crippen LogP contribution < -0.4 is 5.48 Å². The zero-order valence-electron chi connectivity index (χ0n) is 4.91. The molecule has 0 saturated heterocycles. The molecule has 0 fully saturated rings. The summed E-state index contributed by atoms with van der Waals surface area (Å²) in [6, 6.07) is 9.52. The monoisotopic (exact) mass is 122 g/mol. The molecule has 0 aliphatic carbocycles. The van der Waals surface area contributed by atoms with E-state index >= 15 is 0 Å². The molecule has 1 aromatic carbocycles. The van der Waals surface area contributed by atoms with Crippen molar-refractivity contribution in [3.05, 3.63) is 42.4 Å². The molecular formula is C7H8NO. The van der Waals surface area contributed by atoms with Crippen molar-refractivity contribution in [1.82, 2.24) is 5.48 Å². The molecule has 0 aliphatic rings. The molecule has 1 rings (SSSR count). The average Bonchev–Trinajstić information content (AvgIpc) is 1.91. The van der Waals surface area contributed by atoms with E-state index in [-0.39, 0.29) is 0 Å². The van der Waals surface area contributed by atoms with Crippen molar-refractivity contribution in [3.8, 4) is 0 Å². The highest BCUT2D eigenvalue weighted by Crippen LogP contribution is 1.97. The van der Waals surface area contributed by atoms with E-state index in [0.717, 1.165) is 5.56 Å². The Morgan fingerprint density at radius 3 is 2.44 bits per heavy atom. The average molecular weight is 122 g/mol. The van der Waals surface area contributed by atoms with Gasteiger partial charge in [0.15, 0.2) is 0 Å². The molecule has 0 unspecified atom stereocenters. The summed E-state index contributed by atoms with van der Waals surface area (Å²) in [4.78, 5) is 0. The van der Waals surface area contributed by atoms with E-state index in [1.807, 2.05) is 35.8 Å². The summed E-state index contributed by atoms with van der Waals surface area (Å²) in [5.41, 5.74) is 2.92. The second-order valence-corrected chi connectivity index (χ2v) is 1.68. The predicted octanol–water partition coefficient (Wildman–Crippen LogP) is 1.18. The van der Waals surface area contributed by atoms with Crippen molar-refractivity contribution in [2.75, 3.05) is 0 Å². The van der Waals surface area contributed by atoms with E-state index in [9.17, 15) is 0 Å². The van der Waals surface area contributed by atoms with Crippen molar-refractivity contribution in [2.45, 2.75) is 0 Å². The van der Waals surface area contributed by atoms with Crippen LogP contribution >= 0.6 is 0 Å². The van der Waals surface area contributed by atoms with Crippen LogP contribution in [-0.2, 0) is 0 Å². The van der Waals surface area contributed by atoms with Gasteiger partial charge in [0, 0.05) is 0 Å². The van der Waals surface area contributed by atoms with Gasteiger partial charge in [-0.3, -0.25) is 0 Å². The van der Waals surface area contributed by atoms with Crippen LogP contribution in [0.5, 0.6) is 0 Å². The van der Waals surface area contributed by atoms with Crippen LogP contribution in [0.4, 0.5) is 0 Å². The first-order valence-electron chi connectivity index (χ1n) is 2.71. The number of rotatable bonds is 2. The third-order valence-corrected chi connectivity index (χ3v) is 1.03. The lowest BCUT2D eigenvalue weighted by molar-refractivity contribution is 0.200. The van der Waals surface area contributed by atoms with Crippen LogP contribution in [-0.4, -0.2) is 5.21 Å². The van der Waals surface area contributed by atoms with Crippen LogP contribution in [0.15, 0.2) is 30.3 Å². The lowest BCUT2D eigenvalue weighted by Crippen LogP contribution is -2.01. The molecule has 2 nitrogen and oxygen atoms in total. The number of nitrogens with one attached hydrogen (secondary N) is 1. The van der Waals surface area contributed by atoms with Gasteiger partial charge in [0.2, 0.25) is 0 Å². The molecular weight excluding hydrogens is 114 g/mol.